The van der Waals surface area contributed by atoms with Crippen LogP contribution in [0, 0.1) is 12.8 Å². The minimum Gasteiger partial charge on any atom is -0.496 e. The van der Waals surface area contributed by atoms with Crippen LogP contribution in [-0.4, -0.2) is 13.0 Å². The Morgan fingerprint density at radius 1 is 0.950 bits per heavy atom. The lowest BCUT2D eigenvalue weighted by Gasteiger charge is -2.17. The van der Waals surface area contributed by atoms with Gasteiger partial charge in [-0.2, -0.15) is 0 Å². The summed E-state index contributed by atoms with van der Waals surface area (Å²) in [5, 5.41) is 0. The average Bonchev–Trinajstić information content (AvgIpc) is 2.49. The Bertz CT molecular complexity index is 551. The van der Waals surface area contributed by atoms with Gasteiger partial charge in [-0.15, -0.1) is 11.6 Å². The molecule has 0 saturated carbocycles. The highest BCUT2D eigenvalue weighted by atomic mass is 35.5. The third kappa shape index (κ3) is 3.77. The van der Waals surface area contributed by atoms with Crippen molar-refractivity contribution in [1.29, 1.82) is 0 Å². The van der Waals surface area contributed by atoms with Crippen LogP contribution in [0.2, 0.25) is 0 Å². The second kappa shape index (κ2) is 7.35. The second-order valence-corrected chi connectivity index (χ2v) is 5.48. The minimum absolute atomic E-state index is 0.425. The van der Waals surface area contributed by atoms with Gasteiger partial charge in [-0.1, -0.05) is 42.5 Å². The van der Waals surface area contributed by atoms with E-state index in [2.05, 4.69) is 43.3 Å². The number of aryl methyl sites for hydroxylation is 1. The zero-order valence-electron chi connectivity index (χ0n) is 12.1. The van der Waals surface area contributed by atoms with Gasteiger partial charge in [-0.05, 0) is 48.4 Å². The lowest BCUT2D eigenvalue weighted by atomic mass is 9.92. The van der Waals surface area contributed by atoms with Crippen LogP contribution >= 0.6 is 11.6 Å². The van der Waals surface area contributed by atoms with Gasteiger partial charge in [-0.25, -0.2) is 0 Å². The lowest BCUT2D eigenvalue weighted by molar-refractivity contribution is 0.405. The van der Waals surface area contributed by atoms with Gasteiger partial charge in [0.1, 0.15) is 5.75 Å². The molecule has 1 atom stereocenters. The molecule has 0 aliphatic rings. The van der Waals surface area contributed by atoms with E-state index < -0.39 is 0 Å². The molecule has 0 aliphatic carbocycles. The van der Waals surface area contributed by atoms with Crippen LogP contribution in [-0.2, 0) is 12.8 Å². The summed E-state index contributed by atoms with van der Waals surface area (Å²) in [6, 6.07) is 16.7. The lowest BCUT2D eigenvalue weighted by Crippen LogP contribution is -2.11. The Morgan fingerprint density at radius 3 is 2.20 bits per heavy atom. The molecule has 0 aromatic heterocycles. The van der Waals surface area contributed by atoms with Gasteiger partial charge < -0.3 is 4.74 Å². The van der Waals surface area contributed by atoms with Crippen molar-refractivity contribution in [3.05, 3.63) is 65.2 Å². The molecule has 0 spiro atoms. The van der Waals surface area contributed by atoms with Gasteiger partial charge in [0.25, 0.3) is 0 Å². The molecule has 0 amide bonds. The number of halogens is 1. The van der Waals surface area contributed by atoms with E-state index in [0.717, 1.165) is 18.6 Å². The maximum absolute atomic E-state index is 6.17. The smallest absolute Gasteiger partial charge is 0.122 e. The van der Waals surface area contributed by atoms with E-state index in [9.17, 15) is 0 Å². The molecule has 106 valence electrons. The molecule has 0 saturated heterocycles. The number of alkyl halides is 1. The van der Waals surface area contributed by atoms with Crippen LogP contribution in [0.4, 0.5) is 0 Å². The molecule has 1 unspecified atom stereocenters. The molecular formula is C18H21ClO. The molecular weight excluding hydrogens is 268 g/mol. The quantitative estimate of drug-likeness (QED) is 0.704. The Morgan fingerprint density at radius 2 is 1.55 bits per heavy atom. The first-order valence-electron chi connectivity index (χ1n) is 6.97. The predicted molar refractivity (Wildman–Crippen MR) is 85.8 cm³/mol. The van der Waals surface area contributed by atoms with Gasteiger partial charge >= 0.3 is 0 Å². The van der Waals surface area contributed by atoms with E-state index in [1.165, 1.54) is 16.7 Å². The molecule has 0 radical (unpaired) electrons. The van der Waals surface area contributed by atoms with Crippen LogP contribution in [0.5, 0.6) is 5.75 Å². The van der Waals surface area contributed by atoms with Crippen molar-refractivity contribution >= 4 is 11.6 Å². The van der Waals surface area contributed by atoms with Crippen LogP contribution < -0.4 is 4.74 Å². The number of hydrogen-bond acceptors (Lipinski definition) is 1. The minimum atomic E-state index is 0.425. The summed E-state index contributed by atoms with van der Waals surface area (Å²) >= 11 is 6.17. The molecule has 2 aromatic rings. The van der Waals surface area contributed by atoms with Gasteiger partial charge in [0.2, 0.25) is 0 Å². The molecule has 0 bridgehead atoms. The first kappa shape index (κ1) is 14.9. The van der Waals surface area contributed by atoms with Crippen LogP contribution in [0.3, 0.4) is 0 Å². The molecule has 0 aliphatic heterocycles. The fourth-order valence-electron chi connectivity index (χ4n) is 2.51. The van der Waals surface area contributed by atoms with Crippen LogP contribution in [0.1, 0.15) is 16.7 Å². The number of hydrogen-bond donors (Lipinski definition) is 0. The molecule has 2 heteroatoms. The topological polar surface area (TPSA) is 9.23 Å². The SMILES string of the molecule is COc1ccccc1CC(CCl)Cc1ccccc1C. The maximum atomic E-state index is 6.17. The summed E-state index contributed by atoms with van der Waals surface area (Å²) in [6.45, 7) is 2.16. The van der Waals surface area contributed by atoms with Crippen molar-refractivity contribution in [1.82, 2.24) is 0 Å². The van der Waals surface area contributed by atoms with Crippen LogP contribution in [0.25, 0.3) is 0 Å². The van der Waals surface area contributed by atoms with E-state index >= 15 is 0 Å². The second-order valence-electron chi connectivity index (χ2n) is 5.17. The Hall–Kier alpha value is -1.47. The van der Waals surface area contributed by atoms with Crippen molar-refractivity contribution in [2.24, 2.45) is 5.92 Å². The first-order chi connectivity index (χ1) is 9.74. The Balaban J connectivity index is 2.11. The van der Waals surface area contributed by atoms with Gasteiger partial charge in [0.15, 0.2) is 0 Å². The fourth-order valence-corrected chi connectivity index (χ4v) is 2.73. The van der Waals surface area contributed by atoms with Crippen molar-refractivity contribution in [2.45, 2.75) is 19.8 Å². The number of rotatable bonds is 6. The van der Waals surface area contributed by atoms with E-state index in [4.69, 9.17) is 16.3 Å². The summed E-state index contributed by atoms with van der Waals surface area (Å²) in [5.41, 5.74) is 3.95. The largest absolute Gasteiger partial charge is 0.496 e. The highest BCUT2D eigenvalue weighted by molar-refractivity contribution is 6.18. The molecule has 20 heavy (non-hydrogen) atoms. The van der Waals surface area contributed by atoms with E-state index in [0.29, 0.717) is 11.8 Å². The standard InChI is InChI=1S/C18H21ClO/c1-14-7-3-4-8-16(14)11-15(13-19)12-17-9-5-6-10-18(17)20-2/h3-10,15H,11-13H2,1-2H3. The molecule has 0 N–H and O–H groups in total. The van der Waals surface area contributed by atoms with E-state index in [1.807, 2.05) is 12.1 Å². The highest BCUT2D eigenvalue weighted by Crippen LogP contribution is 2.24. The molecule has 2 rings (SSSR count). The Kier molecular flexibility index (Phi) is 5.49. The Labute approximate surface area is 126 Å². The molecule has 1 nitrogen and oxygen atoms in total. The number of methoxy groups -OCH3 is 1. The summed E-state index contributed by atoms with van der Waals surface area (Å²) < 4.78 is 5.42. The summed E-state index contributed by atoms with van der Waals surface area (Å²) in [5.74, 6) is 2.04. The third-order valence-corrected chi connectivity index (χ3v) is 4.13. The average molecular weight is 289 g/mol. The normalized spacial score (nSPS) is 12.2. The van der Waals surface area contributed by atoms with E-state index in [-0.39, 0.29) is 0 Å². The van der Waals surface area contributed by atoms with Gasteiger partial charge in [0, 0.05) is 5.88 Å². The molecule has 2 aromatic carbocycles. The zero-order valence-corrected chi connectivity index (χ0v) is 12.9. The third-order valence-electron chi connectivity index (χ3n) is 3.69. The summed E-state index contributed by atoms with van der Waals surface area (Å²) in [7, 11) is 1.72. The number of para-hydroxylation sites is 1. The molecule has 0 fully saturated rings. The number of benzene rings is 2. The van der Waals surface area contributed by atoms with E-state index in [1.54, 1.807) is 7.11 Å². The van der Waals surface area contributed by atoms with Crippen LogP contribution in [0.15, 0.2) is 48.5 Å². The zero-order chi connectivity index (χ0) is 14.4. The predicted octanol–water partition coefficient (Wildman–Crippen LogP) is 4.64. The highest BCUT2D eigenvalue weighted by Gasteiger charge is 2.13. The van der Waals surface area contributed by atoms with Crippen molar-refractivity contribution < 1.29 is 4.74 Å². The number of ether oxygens (including phenoxy) is 1. The summed E-state index contributed by atoms with van der Waals surface area (Å²) in [6.07, 6.45) is 1.95. The maximum Gasteiger partial charge on any atom is 0.122 e. The monoisotopic (exact) mass is 288 g/mol. The van der Waals surface area contributed by atoms with Gasteiger partial charge in [0.05, 0.1) is 7.11 Å². The van der Waals surface area contributed by atoms with Crippen molar-refractivity contribution in [2.75, 3.05) is 13.0 Å². The van der Waals surface area contributed by atoms with Gasteiger partial charge in [-0.3, -0.25) is 0 Å². The first-order valence-corrected chi connectivity index (χ1v) is 7.50. The fraction of sp³-hybridized carbons (Fsp3) is 0.333. The molecule has 0 heterocycles. The van der Waals surface area contributed by atoms with Crippen molar-refractivity contribution in [3.63, 3.8) is 0 Å². The van der Waals surface area contributed by atoms with Crippen molar-refractivity contribution in [3.8, 4) is 5.75 Å². The summed E-state index contributed by atoms with van der Waals surface area (Å²) in [4.78, 5) is 0.